The average Bonchev–Trinajstić information content (AvgIpc) is 2.68. The van der Waals surface area contributed by atoms with Gasteiger partial charge in [-0.2, -0.15) is 0 Å². The first-order chi connectivity index (χ1) is 11.8. The number of hydrogen-bond donors (Lipinski definition) is 0. The van der Waals surface area contributed by atoms with E-state index in [4.69, 9.17) is 0 Å². The van der Waals surface area contributed by atoms with Crippen LogP contribution in [-0.4, -0.2) is 6.16 Å². The Bertz CT molecular complexity index is 644. The molecule has 0 aliphatic rings. The second-order valence-corrected chi connectivity index (χ2v) is 10.0. The predicted molar refractivity (Wildman–Crippen MR) is 109 cm³/mol. The summed E-state index contributed by atoms with van der Waals surface area (Å²) >= 11 is 0. The molecule has 0 heterocycles. The first-order valence-electron chi connectivity index (χ1n) is 8.82. The zero-order chi connectivity index (χ0) is 16.8. The highest BCUT2D eigenvalue weighted by Gasteiger charge is 2.45. The van der Waals surface area contributed by atoms with Gasteiger partial charge in [0.2, 0.25) is 0 Å². The highest BCUT2D eigenvalue weighted by atomic mass is 127. The van der Waals surface area contributed by atoms with Crippen LogP contribution in [0, 0.1) is 5.92 Å². The molecule has 0 fully saturated rings. The third kappa shape index (κ3) is 4.33. The molecular weight excluding hydrogens is 434 g/mol. The Morgan fingerprint density at radius 1 is 0.640 bits per heavy atom. The van der Waals surface area contributed by atoms with Gasteiger partial charge in [0.15, 0.2) is 0 Å². The molecule has 0 aliphatic carbocycles. The smallest absolute Gasteiger partial charge is 0.112 e. The van der Waals surface area contributed by atoms with Crippen molar-refractivity contribution >= 4 is 23.2 Å². The van der Waals surface area contributed by atoms with Gasteiger partial charge in [-0.1, -0.05) is 74.9 Å². The predicted octanol–water partition coefficient (Wildman–Crippen LogP) is 2.03. The van der Waals surface area contributed by atoms with Crippen molar-refractivity contribution < 1.29 is 24.0 Å². The molecule has 0 aromatic heterocycles. The normalized spacial score (nSPS) is 12.2. The van der Waals surface area contributed by atoms with E-state index >= 15 is 0 Å². The van der Waals surface area contributed by atoms with Crippen LogP contribution in [0.25, 0.3) is 0 Å². The first kappa shape index (κ1) is 20.1. The highest BCUT2D eigenvalue weighted by molar-refractivity contribution is 7.95. The third-order valence-corrected chi connectivity index (χ3v) is 9.58. The molecule has 0 bridgehead atoms. The SMILES string of the molecule is CCC(C)C[P+](c1ccccc1)(c1ccccc1)c1ccccc1.[I-]. The van der Waals surface area contributed by atoms with E-state index in [1.54, 1.807) is 0 Å². The van der Waals surface area contributed by atoms with Crippen molar-refractivity contribution in [2.75, 3.05) is 6.16 Å². The molecule has 0 aliphatic heterocycles. The average molecular weight is 460 g/mol. The van der Waals surface area contributed by atoms with Gasteiger partial charge in [-0.05, 0) is 42.3 Å². The molecule has 3 aromatic carbocycles. The second-order valence-electron chi connectivity index (χ2n) is 6.51. The van der Waals surface area contributed by atoms with E-state index < -0.39 is 7.26 Å². The van der Waals surface area contributed by atoms with Crippen molar-refractivity contribution in [3.63, 3.8) is 0 Å². The topological polar surface area (TPSA) is 0 Å². The Labute approximate surface area is 170 Å². The molecule has 1 unspecified atom stereocenters. The molecule has 25 heavy (non-hydrogen) atoms. The fourth-order valence-electron chi connectivity index (χ4n) is 3.41. The Morgan fingerprint density at radius 3 is 1.24 bits per heavy atom. The van der Waals surface area contributed by atoms with Crippen LogP contribution in [0.2, 0.25) is 0 Å². The maximum absolute atomic E-state index is 2.39. The summed E-state index contributed by atoms with van der Waals surface area (Å²) in [4.78, 5) is 0. The molecule has 0 saturated carbocycles. The summed E-state index contributed by atoms with van der Waals surface area (Å²) in [5.41, 5.74) is 0. The van der Waals surface area contributed by atoms with Gasteiger partial charge in [-0.15, -0.1) is 0 Å². The van der Waals surface area contributed by atoms with Crippen LogP contribution in [0.1, 0.15) is 20.3 Å². The molecule has 0 spiro atoms. The molecule has 1 atom stereocenters. The van der Waals surface area contributed by atoms with Crippen LogP contribution in [0.5, 0.6) is 0 Å². The lowest BCUT2D eigenvalue weighted by Crippen LogP contribution is -3.00. The lowest BCUT2D eigenvalue weighted by atomic mass is 10.2. The lowest BCUT2D eigenvalue weighted by molar-refractivity contribution is -0.00000486. The zero-order valence-electron chi connectivity index (χ0n) is 15.0. The maximum atomic E-state index is 2.39. The Balaban J connectivity index is 0.00000225. The minimum Gasteiger partial charge on any atom is -1.00 e. The number of halogens is 1. The summed E-state index contributed by atoms with van der Waals surface area (Å²) < 4.78 is 0. The van der Waals surface area contributed by atoms with Gasteiger partial charge in [0.05, 0.1) is 6.16 Å². The van der Waals surface area contributed by atoms with E-state index in [2.05, 4.69) is 105 Å². The molecule has 3 rings (SSSR count). The van der Waals surface area contributed by atoms with Crippen LogP contribution in [0.3, 0.4) is 0 Å². The van der Waals surface area contributed by atoms with Crippen molar-refractivity contribution in [2.45, 2.75) is 20.3 Å². The summed E-state index contributed by atoms with van der Waals surface area (Å²) in [5.74, 6) is 0.693. The molecule has 3 aromatic rings. The molecule has 0 amide bonds. The molecule has 0 N–H and O–H groups in total. The van der Waals surface area contributed by atoms with Crippen molar-refractivity contribution in [3.8, 4) is 0 Å². The van der Waals surface area contributed by atoms with Crippen LogP contribution in [0.15, 0.2) is 91.0 Å². The Kier molecular flexibility index (Phi) is 7.65. The maximum Gasteiger partial charge on any atom is 0.112 e. The van der Waals surface area contributed by atoms with E-state index in [9.17, 15) is 0 Å². The molecule has 0 radical (unpaired) electrons. The molecule has 0 saturated heterocycles. The van der Waals surface area contributed by atoms with Crippen molar-refractivity contribution in [3.05, 3.63) is 91.0 Å². The van der Waals surface area contributed by atoms with Crippen molar-refractivity contribution in [2.24, 2.45) is 5.92 Å². The lowest BCUT2D eigenvalue weighted by Gasteiger charge is -2.29. The Morgan fingerprint density at radius 2 is 0.960 bits per heavy atom. The van der Waals surface area contributed by atoms with Crippen LogP contribution < -0.4 is 39.9 Å². The molecule has 130 valence electrons. The number of benzene rings is 3. The van der Waals surface area contributed by atoms with E-state index in [0.29, 0.717) is 5.92 Å². The fraction of sp³-hybridized carbons (Fsp3) is 0.217. The fourth-order valence-corrected chi connectivity index (χ4v) is 8.17. The molecule has 0 nitrogen and oxygen atoms in total. The molecular formula is C23H26IP. The highest BCUT2D eigenvalue weighted by Crippen LogP contribution is 2.56. The van der Waals surface area contributed by atoms with Crippen molar-refractivity contribution in [1.29, 1.82) is 0 Å². The minimum atomic E-state index is -1.63. The largest absolute Gasteiger partial charge is 1.00 e. The zero-order valence-corrected chi connectivity index (χ0v) is 18.0. The van der Waals surface area contributed by atoms with E-state index in [1.165, 1.54) is 28.5 Å². The van der Waals surface area contributed by atoms with E-state index in [0.717, 1.165) is 0 Å². The summed E-state index contributed by atoms with van der Waals surface area (Å²) in [6, 6.07) is 33.5. The summed E-state index contributed by atoms with van der Waals surface area (Å²) in [6.07, 6.45) is 2.44. The quantitative estimate of drug-likeness (QED) is 0.390. The second kappa shape index (κ2) is 9.50. The minimum absolute atomic E-state index is 0. The van der Waals surface area contributed by atoms with Gasteiger partial charge in [-0.3, -0.25) is 0 Å². The first-order valence-corrected chi connectivity index (χ1v) is 10.8. The van der Waals surface area contributed by atoms with Crippen LogP contribution in [0.4, 0.5) is 0 Å². The summed E-state index contributed by atoms with van der Waals surface area (Å²) in [6.45, 7) is 4.70. The van der Waals surface area contributed by atoms with E-state index in [-0.39, 0.29) is 24.0 Å². The standard InChI is InChI=1S/C23H26P.HI/c1-3-20(2)19-24(21-13-7-4-8-14-21,22-15-9-5-10-16-22)23-17-11-6-12-18-23;/h4-18,20H,3,19H2,1-2H3;1H/q+1;/p-1. The van der Waals surface area contributed by atoms with Crippen LogP contribution >= 0.6 is 7.26 Å². The number of hydrogen-bond acceptors (Lipinski definition) is 0. The number of rotatable bonds is 6. The van der Waals surface area contributed by atoms with Gasteiger partial charge in [0.1, 0.15) is 23.2 Å². The van der Waals surface area contributed by atoms with Gasteiger partial charge in [-0.25, -0.2) is 0 Å². The summed E-state index contributed by atoms with van der Waals surface area (Å²) in [7, 11) is -1.63. The van der Waals surface area contributed by atoms with Gasteiger partial charge in [0.25, 0.3) is 0 Å². The van der Waals surface area contributed by atoms with Crippen molar-refractivity contribution in [1.82, 2.24) is 0 Å². The Hall–Kier alpha value is -1.18. The van der Waals surface area contributed by atoms with Gasteiger partial charge in [0, 0.05) is 0 Å². The van der Waals surface area contributed by atoms with Gasteiger partial charge < -0.3 is 24.0 Å². The third-order valence-electron chi connectivity index (χ3n) is 4.87. The summed E-state index contributed by atoms with van der Waals surface area (Å²) in [5, 5.41) is 4.47. The monoisotopic (exact) mass is 460 g/mol. The van der Waals surface area contributed by atoms with Crippen LogP contribution in [-0.2, 0) is 0 Å². The molecule has 2 heteroatoms. The van der Waals surface area contributed by atoms with E-state index in [1.807, 2.05) is 0 Å². The van der Waals surface area contributed by atoms with Gasteiger partial charge >= 0.3 is 0 Å².